The fourth-order valence-corrected chi connectivity index (χ4v) is 1.06. The zero-order chi connectivity index (χ0) is 7.23. The van der Waals surface area contributed by atoms with E-state index in [4.69, 9.17) is 5.21 Å². The summed E-state index contributed by atoms with van der Waals surface area (Å²) in [5.41, 5.74) is 0. The Balaban J connectivity index is 2.87. The van der Waals surface area contributed by atoms with Gasteiger partial charge in [-0.15, -0.1) is 11.4 Å². The molecule has 1 N–H and O–H groups in total. The Bertz CT molecular complexity index is 252. The normalized spacial score (nSPS) is 8.40. The summed E-state index contributed by atoms with van der Waals surface area (Å²) in [6, 6.07) is 9.69. The van der Waals surface area contributed by atoms with Gasteiger partial charge < -0.3 is 5.21 Å². The summed E-state index contributed by atoms with van der Waals surface area (Å²) in [7, 11) is 0. The highest BCUT2D eigenvalue weighted by Crippen LogP contribution is 2.06. The molecule has 0 saturated carbocycles. The van der Waals surface area contributed by atoms with Gasteiger partial charge in [0, 0.05) is 4.90 Å². The topological polar surface area (TPSA) is 32.6 Å². The van der Waals surface area contributed by atoms with E-state index in [1.54, 1.807) is 0 Å². The first-order valence-corrected chi connectivity index (χ1v) is 3.68. The van der Waals surface area contributed by atoms with Crippen molar-refractivity contribution < 1.29 is 5.21 Å². The second-order valence-corrected chi connectivity index (χ2v) is 2.59. The lowest BCUT2D eigenvalue weighted by Crippen LogP contribution is -1.61. The van der Waals surface area contributed by atoms with Crippen LogP contribution < -0.4 is 0 Å². The van der Waals surface area contributed by atoms with Crippen LogP contribution in [-0.2, 0) is 0 Å². The highest BCUT2D eigenvalue weighted by molar-refractivity contribution is 7.97. The van der Waals surface area contributed by atoms with Crippen LogP contribution in [0.4, 0.5) is 0 Å². The SMILES string of the molecule is ON=C=[SH]c1ccccc1. The molecule has 0 aromatic heterocycles. The molecule has 0 atom stereocenters. The van der Waals surface area contributed by atoms with Crippen LogP contribution in [0.1, 0.15) is 0 Å². The van der Waals surface area contributed by atoms with Crippen LogP contribution in [0.25, 0.3) is 0 Å². The average molecular weight is 153 g/mol. The molecule has 1 aromatic rings. The Morgan fingerprint density at radius 3 is 2.60 bits per heavy atom. The van der Waals surface area contributed by atoms with E-state index in [9.17, 15) is 0 Å². The van der Waals surface area contributed by atoms with E-state index >= 15 is 0 Å². The smallest absolute Gasteiger partial charge is 0.0605 e. The number of benzene rings is 1. The van der Waals surface area contributed by atoms with E-state index in [2.05, 4.69) is 10.3 Å². The monoisotopic (exact) mass is 153 g/mol. The van der Waals surface area contributed by atoms with Gasteiger partial charge in [-0.25, -0.2) is 0 Å². The molecule has 2 nitrogen and oxygen atoms in total. The van der Waals surface area contributed by atoms with Crippen molar-refractivity contribution in [3.63, 3.8) is 0 Å². The van der Waals surface area contributed by atoms with E-state index in [1.807, 2.05) is 30.3 Å². The summed E-state index contributed by atoms with van der Waals surface area (Å²) >= 11 is 0.796. The molecule has 1 aromatic carbocycles. The van der Waals surface area contributed by atoms with Gasteiger partial charge in [-0.2, -0.15) is 0 Å². The molecule has 0 aliphatic heterocycles. The first kappa shape index (κ1) is 7.06. The highest BCUT2D eigenvalue weighted by atomic mass is 32.1. The molecule has 0 aliphatic carbocycles. The van der Waals surface area contributed by atoms with Gasteiger partial charge in [-0.3, -0.25) is 0 Å². The van der Waals surface area contributed by atoms with Crippen molar-refractivity contribution in [1.82, 2.24) is 0 Å². The van der Waals surface area contributed by atoms with E-state index in [-0.39, 0.29) is 0 Å². The third-order valence-corrected chi connectivity index (χ3v) is 1.73. The van der Waals surface area contributed by atoms with E-state index in [1.165, 1.54) is 0 Å². The Labute approximate surface area is 62.8 Å². The van der Waals surface area contributed by atoms with E-state index < -0.39 is 0 Å². The maximum atomic E-state index is 8.03. The van der Waals surface area contributed by atoms with Gasteiger partial charge in [-0.05, 0) is 17.3 Å². The van der Waals surface area contributed by atoms with Crippen LogP contribution in [0, 0.1) is 0 Å². The molecule has 1 rings (SSSR count). The average Bonchev–Trinajstić information content (AvgIpc) is 2.03. The van der Waals surface area contributed by atoms with Crippen molar-refractivity contribution in [3.8, 4) is 0 Å². The van der Waals surface area contributed by atoms with Crippen molar-refractivity contribution in [2.24, 2.45) is 5.16 Å². The first-order valence-electron chi connectivity index (χ1n) is 2.78. The summed E-state index contributed by atoms with van der Waals surface area (Å²) in [6.45, 7) is 0. The maximum Gasteiger partial charge on any atom is 0.0605 e. The van der Waals surface area contributed by atoms with Crippen molar-refractivity contribution in [3.05, 3.63) is 30.3 Å². The van der Waals surface area contributed by atoms with Crippen molar-refractivity contribution in [2.45, 2.75) is 4.90 Å². The lowest BCUT2D eigenvalue weighted by Gasteiger charge is -1.85. The highest BCUT2D eigenvalue weighted by Gasteiger charge is 1.78. The minimum atomic E-state index is 0.796. The van der Waals surface area contributed by atoms with Crippen LogP contribution in [0.5, 0.6) is 0 Å². The van der Waals surface area contributed by atoms with Gasteiger partial charge in [0.05, 0.1) is 5.16 Å². The van der Waals surface area contributed by atoms with Crippen LogP contribution in [-0.4, -0.2) is 10.4 Å². The van der Waals surface area contributed by atoms with Gasteiger partial charge in [0.2, 0.25) is 0 Å². The van der Waals surface area contributed by atoms with Crippen molar-refractivity contribution >= 4 is 16.5 Å². The minimum absolute atomic E-state index is 0.796. The molecule has 0 heterocycles. The molecule has 3 heteroatoms. The molecule has 10 heavy (non-hydrogen) atoms. The van der Waals surface area contributed by atoms with Gasteiger partial charge in [0.15, 0.2) is 0 Å². The fraction of sp³-hybridized carbons (Fsp3) is 0. The largest absolute Gasteiger partial charge is 0.403 e. The summed E-state index contributed by atoms with van der Waals surface area (Å²) in [5.74, 6) is 0. The van der Waals surface area contributed by atoms with Crippen LogP contribution in [0.3, 0.4) is 0 Å². The lowest BCUT2D eigenvalue weighted by molar-refractivity contribution is 0.323. The number of isothiocyanates is 1. The minimum Gasteiger partial charge on any atom is -0.403 e. The Morgan fingerprint density at radius 1 is 1.30 bits per heavy atom. The third kappa shape index (κ3) is 2.05. The maximum absolute atomic E-state index is 8.03. The molecular weight excluding hydrogens is 146 g/mol. The summed E-state index contributed by atoms with van der Waals surface area (Å²) in [4.78, 5) is 1.07. The number of nitrogens with zero attached hydrogens (tertiary/aromatic N) is 1. The van der Waals surface area contributed by atoms with Crippen LogP contribution in [0.15, 0.2) is 40.4 Å². The molecule has 0 unspecified atom stereocenters. The predicted molar refractivity (Wildman–Crippen MR) is 42.9 cm³/mol. The second-order valence-electron chi connectivity index (χ2n) is 1.65. The fourth-order valence-electron chi connectivity index (χ4n) is 0.583. The Morgan fingerprint density at radius 2 is 2.00 bits per heavy atom. The van der Waals surface area contributed by atoms with E-state index in [0.29, 0.717) is 0 Å². The van der Waals surface area contributed by atoms with Gasteiger partial charge >= 0.3 is 0 Å². The number of rotatable bonds is 1. The number of hydrogen-bond donors (Lipinski definition) is 2. The molecule has 0 radical (unpaired) electrons. The molecule has 0 bridgehead atoms. The molecule has 0 spiro atoms. The van der Waals surface area contributed by atoms with Crippen molar-refractivity contribution in [2.75, 3.05) is 0 Å². The first-order chi connectivity index (χ1) is 4.93. The predicted octanol–water partition coefficient (Wildman–Crippen LogP) is 1.81. The molecular formula is C7H7NOS. The molecule has 0 aliphatic rings. The zero-order valence-corrected chi connectivity index (χ0v) is 6.12. The van der Waals surface area contributed by atoms with Crippen LogP contribution >= 0.6 is 11.4 Å². The molecule has 52 valence electrons. The Kier molecular flexibility index (Phi) is 2.74. The van der Waals surface area contributed by atoms with Crippen molar-refractivity contribution in [1.29, 1.82) is 0 Å². The van der Waals surface area contributed by atoms with Gasteiger partial charge in [0.25, 0.3) is 0 Å². The summed E-state index contributed by atoms with van der Waals surface area (Å²) in [6.07, 6.45) is 0. The number of thiol groups is 1. The third-order valence-electron chi connectivity index (χ3n) is 0.980. The molecule has 0 fully saturated rings. The van der Waals surface area contributed by atoms with Gasteiger partial charge in [-0.1, -0.05) is 18.2 Å². The molecule has 0 saturated heterocycles. The van der Waals surface area contributed by atoms with Gasteiger partial charge in [0.1, 0.15) is 0 Å². The second kappa shape index (κ2) is 3.88. The number of hydrogen-bond acceptors (Lipinski definition) is 2. The lowest BCUT2D eigenvalue weighted by atomic mass is 10.4. The summed E-state index contributed by atoms with van der Waals surface area (Å²) in [5, 5.41) is 13.2. The molecule has 0 amide bonds. The van der Waals surface area contributed by atoms with Crippen LogP contribution in [0.2, 0.25) is 0 Å². The quantitative estimate of drug-likeness (QED) is 0.208. The standard InChI is InChI=1S/C7H7NOS/c9-8-6-10-7-4-2-1-3-5-7/h1-5,9-10H. The van der Waals surface area contributed by atoms with E-state index in [0.717, 1.165) is 16.2 Å². The zero-order valence-electron chi connectivity index (χ0n) is 5.23. The summed E-state index contributed by atoms with van der Waals surface area (Å²) < 4.78 is 0. The Hall–Kier alpha value is -1.05.